The Hall–Kier alpha value is -1.44. The number of aryl methyl sites for hydroxylation is 1. The van der Waals surface area contributed by atoms with Gasteiger partial charge >= 0.3 is 0 Å². The third kappa shape index (κ3) is 18.8. The molecule has 0 N–H and O–H groups in total. The summed E-state index contributed by atoms with van der Waals surface area (Å²) in [5.41, 5.74) is 5.03. The maximum absolute atomic E-state index is 4.94. The molecule has 1 rings (SSSR count). The van der Waals surface area contributed by atoms with Crippen molar-refractivity contribution in [3.05, 3.63) is 23.3 Å². The smallest absolute Gasteiger partial charge is 0.0679 e. The Morgan fingerprint density at radius 3 is 1.42 bits per heavy atom. The van der Waals surface area contributed by atoms with Crippen molar-refractivity contribution in [3.63, 3.8) is 0 Å². The molecule has 0 radical (unpaired) electrons. The molecule has 38 heavy (non-hydrogen) atoms. The number of rotatable bonds is 26. The maximum Gasteiger partial charge on any atom is 0.0679 e. The van der Waals surface area contributed by atoms with E-state index < -0.39 is 0 Å². The van der Waals surface area contributed by atoms with Crippen LogP contribution in [0.1, 0.15) is 180 Å². The summed E-state index contributed by atoms with van der Waals surface area (Å²) in [5, 5.41) is 0. The van der Waals surface area contributed by atoms with Gasteiger partial charge in [-0.3, -0.25) is 9.98 Å². The van der Waals surface area contributed by atoms with Crippen molar-refractivity contribution >= 4 is 23.8 Å². The van der Waals surface area contributed by atoms with Gasteiger partial charge in [-0.2, -0.15) is 0 Å². The van der Waals surface area contributed by atoms with Gasteiger partial charge in [0.1, 0.15) is 0 Å². The van der Waals surface area contributed by atoms with Crippen LogP contribution in [0.25, 0.3) is 0 Å². The molecule has 218 valence electrons. The molecule has 1 aromatic rings. The zero-order valence-corrected chi connectivity index (χ0v) is 26.2. The number of unbranched alkanes of at least 4 members (excludes halogenated alkanes) is 20. The van der Waals surface area contributed by atoms with Crippen LogP contribution in [0.4, 0.5) is 11.4 Å². The molecule has 0 saturated carbocycles. The predicted molar refractivity (Wildman–Crippen MR) is 174 cm³/mol. The van der Waals surface area contributed by atoms with Crippen LogP contribution in [-0.4, -0.2) is 12.4 Å². The van der Waals surface area contributed by atoms with Gasteiger partial charge in [0.25, 0.3) is 0 Å². The highest BCUT2D eigenvalue weighted by Crippen LogP contribution is 2.30. The van der Waals surface area contributed by atoms with Crippen LogP contribution in [-0.2, 0) is 6.42 Å². The third-order valence-electron chi connectivity index (χ3n) is 7.87. The van der Waals surface area contributed by atoms with Crippen molar-refractivity contribution < 1.29 is 0 Å². The highest BCUT2D eigenvalue weighted by atomic mass is 14.8. The molecule has 0 aliphatic heterocycles. The first-order valence-electron chi connectivity index (χ1n) is 16.9. The van der Waals surface area contributed by atoms with E-state index >= 15 is 0 Å². The van der Waals surface area contributed by atoms with Gasteiger partial charge in [0, 0.05) is 12.4 Å². The minimum atomic E-state index is 1.09. The third-order valence-corrected chi connectivity index (χ3v) is 7.87. The van der Waals surface area contributed by atoms with E-state index in [1.54, 1.807) is 0 Å². The monoisotopic (exact) mass is 525 g/mol. The van der Waals surface area contributed by atoms with Gasteiger partial charge in [-0.05, 0) is 68.7 Å². The molecule has 0 atom stereocenters. The van der Waals surface area contributed by atoms with Crippen LogP contribution in [0, 0.1) is 6.92 Å². The lowest BCUT2D eigenvalue weighted by Crippen LogP contribution is -1.92. The molecule has 2 nitrogen and oxygen atoms in total. The Morgan fingerprint density at radius 2 is 0.921 bits per heavy atom. The zero-order chi connectivity index (χ0) is 27.5. The molecule has 1 aromatic carbocycles. The average molecular weight is 525 g/mol. The van der Waals surface area contributed by atoms with Gasteiger partial charge in [-0.1, -0.05) is 136 Å². The SMILES string of the molecule is CCCCCCCCCCC=Nc1cc(CCCCCCC)c(C)c(N=CCCCCCCCCCC)c1. The molecule has 0 amide bonds. The second kappa shape index (κ2) is 25.8. The van der Waals surface area contributed by atoms with E-state index in [1.807, 2.05) is 0 Å². The standard InChI is InChI=1S/C36H64N2/c1-5-8-11-14-16-18-20-23-26-29-37-35-31-34(28-25-22-13-10-7-3)33(4)36(32-35)38-30-27-24-21-19-17-15-12-9-6-2/h29-32H,5-28H2,1-4H3. The lowest BCUT2D eigenvalue weighted by Gasteiger charge is -2.11. The van der Waals surface area contributed by atoms with Crippen LogP contribution >= 0.6 is 0 Å². The van der Waals surface area contributed by atoms with Crippen molar-refractivity contribution in [1.29, 1.82) is 0 Å². The van der Waals surface area contributed by atoms with Gasteiger partial charge in [-0.25, -0.2) is 0 Å². The van der Waals surface area contributed by atoms with Crippen molar-refractivity contribution in [3.8, 4) is 0 Å². The normalized spacial score (nSPS) is 11.9. The minimum absolute atomic E-state index is 1.09. The lowest BCUT2D eigenvalue weighted by atomic mass is 9.99. The van der Waals surface area contributed by atoms with Gasteiger partial charge in [0.15, 0.2) is 0 Å². The van der Waals surface area contributed by atoms with Crippen LogP contribution in [0.3, 0.4) is 0 Å². The van der Waals surface area contributed by atoms with E-state index in [1.165, 1.54) is 146 Å². The second-order valence-corrected chi connectivity index (χ2v) is 11.6. The predicted octanol–water partition coefficient (Wildman–Crippen LogP) is 13.0. The fourth-order valence-corrected chi connectivity index (χ4v) is 5.20. The average Bonchev–Trinajstić information content (AvgIpc) is 2.92. The molecule has 0 bridgehead atoms. The van der Waals surface area contributed by atoms with Gasteiger partial charge in [0.05, 0.1) is 11.4 Å². The summed E-state index contributed by atoms with van der Waals surface area (Å²) in [4.78, 5) is 9.83. The Labute approximate surface area is 238 Å². The van der Waals surface area contributed by atoms with Crippen molar-refractivity contribution in [2.45, 2.75) is 182 Å². The first kappa shape index (κ1) is 34.6. The summed E-state index contributed by atoms with van der Waals surface area (Å²) in [6.07, 6.45) is 36.1. The molecule has 0 saturated heterocycles. The summed E-state index contributed by atoms with van der Waals surface area (Å²) in [6, 6.07) is 4.54. The van der Waals surface area contributed by atoms with E-state index in [-0.39, 0.29) is 0 Å². The first-order valence-corrected chi connectivity index (χ1v) is 16.9. The molecule has 2 heteroatoms. The summed E-state index contributed by atoms with van der Waals surface area (Å²) < 4.78 is 0. The Kier molecular flexibility index (Phi) is 23.5. The quantitative estimate of drug-likeness (QED) is 0.0850. The summed E-state index contributed by atoms with van der Waals surface area (Å²) in [7, 11) is 0. The number of hydrogen-bond donors (Lipinski definition) is 0. The van der Waals surface area contributed by atoms with E-state index in [0.29, 0.717) is 0 Å². The van der Waals surface area contributed by atoms with Crippen molar-refractivity contribution in [2.75, 3.05) is 0 Å². The van der Waals surface area contributed by atoms with E-state index in [9.17, 15) is 0 Å². The van der Waals surface area contributed by atoms with Crippen LogP contribution in [0.15, 0.2) is 22.1 Å². The highest BCUT2D eigenvalue weighted by Gasteiger charge is 2.07. The van der Waals surface area contributed by atoms with E-state index in [0.717, 1.165) is 30.6 Å². The lowest BCUT2D eigenvalue weighted by molar-refractivity contribution is 0.581. The number of nitrogens with zero attached hydrogens (tertiary/aromatic N) is 2. The van der Waals surface area contributed by atoms with Crippen molar-refractivity contribution in [2.24, 2.45) is 9.98 Å². The van der Waals surface area contributed by atoms with Crippen LogP contribution < -0.4 is 0 Å². The molecule has 0 fully saturated rings. The van der Waals surface area contributed by atoms with Gasteiger partial charge in [0.2, 0.25) is 0 Å². The molecule has 0 aromatic heterocycles. The van der Waals surface area contributed by atoms with Gasteiger partial charge in [-0.15, -0.1) is 0 Å². The number of hydrogen-bond acceptors (Lipinski definition) is 2. The van der Waals surface area contributed by atoms with E-state index in [4.69, 9.17) is 9.98 Å². The maximum atomic E-state index is 4.94. The molecule has 0 spiro atoms. The molecule has 0 aliphatic rings. The fourth-order valence-electron chi connectivity index (χ4n) is 5.20. The summed E-state index contributed by atoms with van der Waals surface area (Å²) in [6.45, 7) is 9.13. The Balaban J connectivity index is 2.57. The topological polar surface area (TPSA) is 24.7 Å². The number of benzene rings is 1. The molecule has 0 heterocycles. The highest BCUT2D eigenvalue weighted by molar-refractivity contribution is 5.70. The first-order chi connectivity index (χ1) is 18.7. The van der Waals surface area contributed by atoms with Crippen molar-refractivity contribution in [1.82, 2.24) is 0 Å². The van der Waals surface area contributed by atoms with Crippen LogP contribution in [0.5, 0.6) is 0 Å². The summed E-state index contributed by atoms with van der Waals surface area (Å²) >= 11 is 0. The Bertz CT molecular complexity index is 718. The Morgan fingerprint density at radius 1 is 0.500 bits per heavy atom. The fraction of sp³-hybridized carbons (Fsp3) is 0.778. The molecular formula is C36H64N2. The molecule has 0 unspecified atom stereocenters. The largest absolute Gasteiger partial charge is 0.261 e. The zero-order valence-electron chi connectivity index (χ0n) is 26.2. The summed E-state index contributed by atoms with van der Waals surface area (Å²) in [5.74, 6) is 0. The molecular weight excluding hydrogens is 460 g/mol. The second-order valence-electron chi connectivity index (χ2n) is 11.6. The van der Waals surface area contributed by atoms with Gasteiger partial charge < -0.3 is 0 Å². The number of aliphatic imine (C=N–C) groups is 2. The van der Waals surface area contributed by atoms with Crippen LogP contribution in [0.2, 0.25) is 0 Å². The van der Waals surface area contributed by atoms with E-state index in [2.05, 4.69) is 52.3 Å². The molecule has 0 aliphatic carbocycles. The minimum Gasteiger partial charge on any atom is -0.261 e.